The van der Waals surface area contributed by atoms with Gasteiger partial charge in [0.25, 0.3) is 0 Å². The predicted molar refractivity (Wildman–Crippen MR) is 587 cm³/mol. The number of thiophene rings is 2. The van der Waals surface area contributed by atoms with Crippen LogP contribution in [0.25, 0.3) is 212 Å². The molecular weight excluding hydrogens is 1780 g/mol. The van der Waals surface area contributed by atoms with Crippen molar-refractivity contribution in [3.05, 3.63) is 473 Å². The van der Waals surface area contributed by atoms with Crippen LogP contribution in [-0.4, -0.2) is 13.7 Å². The van der Waals surface area contributed by atoms with Gasteiger partial charge in [-0.15, -0.1) is 22.7 Å². The first-order chi connectivity index (χ1) is 68.1. The van der Waals surface area contributed by atoms with Crippen molar-refractivity contribution >= 4 is 220 Å². The summed E-state index contributed by atoms with van der Waals surface area (Å²) in [5.74, 6) is 0. The van der Waals surface area contributed by atoms with Crippen molar-refractivity contribution in [2.24, 2.45) is 0 Å². The molecule has 0 saturated heterocycles. The number of rotatable bonds is 9. The largest absolute Gasteiger partial charge is 0.456 e. The molecule has 0 saturated carbocycles. The molecule has 30 rings (SSSR count). The van der Waals surface area contributed by atoms with E-state index in [0.717, 1.165) is 197 Å². The van der Waals surface area contributed by atoms with E-state index in [1.807, 2.05) is 156 Å². The maximum atomic E-state index is 15.6. The van der Waals surface area contributed by atoms with Crippen LogP contribution in [0.15, 0.2) is 478 Å². The second-order valence-electron chi connectivity index (χ2n) is 36.0. The highest BCUT2D eigenvalue weighted by Crippen LogP contribution is 2.60. The zero-order valence-electron chi connectivity index (χ0n) is 74.2. The molecule has 21 aromatic carbocycles. The van der Waals surface area contributed by atoms with Gasteiger partial charge in [-0.2, -0.15) is 0 Å². The van der Waals surface area contributed by atoms with Crippen LogP contribution in [0, 0.1) is 0 Å². The first-order valence-electron chi connectivity index (χ1n) is 46.6. The molecule has 7 nitrogen and oxygen atoms in total. The highest BCUT2D eigenvalue weighted by Gasteiger charge is 2.46. The van der Waals surface area contributed by atoms with Crippen LogP contribution < -0.4 is 47.7 Å². The van der Waals surface area contributed by atoms with E-state index in [1.165, 1.54) is 62.6 Å². The molecule has 0 N–H and O–H groups in total. The number of fused-ring (bicyclic) bond motifs is 30. The highest BCUT2D eigenvalue weighted by molar-refractivity contribution is 7.88. The number of nitrogens with zero attached hydrogens (tertiary/aromatic N) is 3. The number of hydrogen-bond donors (Lipinski definition) is 0. The van der Waals surface area contributed by atoms with Crippen molar-refractivity contribution in [3.63, 3.8) is 0 Å². The topological polar surface area (TPSA) is 79.1 Å². The Hall–Kier alpha value is -16.1. The average Bonchev–Trinajstić information content (AvgIpc) is 1.53. The molecule has 0 radical (unpaired) electrons. The molecule has 12 heteroatoms. The first kappa shape index (κ1) is 80.4. The van der Waals surface area contributed by atoms with Crippen molar-refractivity contribution in [1.82, 2.24) is 13.7 Å². The Morgan fingerprint density at radius 2 is 0.507 bits per heavy atom. The molecule has 27 aromatic rings. The number of benzene rings is 21. The monoisotopic (exact) mass is 1850 g/mol. The van der Waals surface area contributed by atoms with E-state index in [1.54, 1.807) is 0 Å². The standard InChI is InChI=1S/C42H26NO2P.2C42H26NOPS/c44-46(29-11-2-1-3-12-29)39-20-9-6-13-31(39)32-25-26-36-41(42(32)46)33-14-4-7-17-35(33)43(36)28-23-21-27(22-24-28)30-16-10-19-38-40(30)34-15-5-8-18-37(34)45-38;44-45(30-10-2-1-3-11-30)38-16-8-5-12-31(38)33-23-24-37-41(42(33)45)34-14-4-7-15-36(34)43(37)29-21-18-27(19-22-29)28-20-25-40-35(26-28)32-13-6-9-17-39(32)46-40;44-45(30-10-2-1-3-11-30)38-16-8-5-12-31(38)34-24-25-37-41(42(34)45)35-14-4-7-15-36(35)43(37)29-21-18-27(19-22-29)28-20-23-33-32-13-6-9-17-39(32)46-40(33)26-28/h3*1-26H. The summed E-state index contributed by atoms with van der Waals surface area (Å²) in [7, 11) is -9.38. The van der Waals surface area contributed by atoms with E-state index >= 15 is 13.7 Å². The van der Waals surface area contributed by atoms with E-state index in [9.17, 15) is 0 Å². The Morgan fingerprint density at radius 3 is 0.957 bits per heavy atom. The molecule has 3 unspecified atom stereocenters. The van der Waals surface area contributed by atoms with Gasteiger partial charge in [-0.3, -0.25) is 0 Å². The number of para-hydroxylation sites is 4. The van der Waals surface area contributed by atoms with Crippen LogP contribution in [0.5, 0.6) is 0 Å². The lowest BCUT2D eigenvalue weighted by atomic mass is 9.99. The van der Waals surface area contributed by atoms with Gasteiger partial charge in [-0.25, -0.2) is 0 Å². The zero-order chi connectivity index (χ0) is 91.2. The SMILES string of the molecule is O=P1(c2ccccc2)c2ccccc2-c2ccc3c(c21)c1ccccc1n3-c1ccc(-c2ccc3c(c2)sc2ccccc23)cc1.O=P1(c2ccccc2)c2ccccc2-c2ccc3c(c21)c1ccccc1n3-c1ccc(-c2ccc3sc4ccccc4c3c2)cc1.O=P1(c2ccccc2)c2ccccc2-c2ccc3c(c21)c1ccccc1n3-c1ccc(-c2cccc3oc4ccccc4c23)cc1. The van der Waals surface area contributed by atoms with E-state index in [-0.39, 0.29) is 0 Å². The lowest BCUT2D eigenvalue weighted by Gasteiger charge is -2.17. The van der Waals surface area contributed by atoms with Crippen LogP contribution >= 0.6 is 44.1 Å². The normalized spacial score (nSPS) is 15.6. The summed E-state index contributed by atoms with van der Waals surface area (Å²) in [5, 5.41) is 22.4. The third kappa shape index (κ3) is 11.9. The van der Waals surface area contributed by atoms with Gasteiger partial charge in [0.05, 0.1) is 33.1 Å². The second kappa shape index (κ2) is 31.3. The summed E-state index contributed by atoms with van der Waals surface area (Å²) in [6.07, 6.45) is 0. The fourth-order valence-corrected chi connectivity index (χ4v) is 34.9. The van der Waals surface area contributed by atoms with Crippen molar-refractivity contribution < 1.29 is 18.1 Å². The molecule has 648 valence electrons. The Labute approximate surface area is 802 Å². The number of furan rings is 1. The number of aromatic nitrogens is 3. The van der Waals surface area contributed by atoms with Gasteiger partial charge < -0.3 is 31.8 Å². The van der Waals surface area contributed by atoms with Gasteiger partial charge in [0, 0.05) is 148 Å². The fourth-order valence-electron chi connectivity index (χ4n) is 22.8. The summed E-state index contributed by atoms with van der Waals surface area (Å²) < 4.78 is 65.3. The molecule has 138 heavy (non-hydrogen) atoms. The van der Waals surface area contributed by atoms with Crippen molar-refractivity contribution in [2.45, 2.75) is 0 Å². The van der Waals surface area contributed by atoms with Crippen LogP contribution in [0.3, 0.4) is 0 Å². The van der Waals surface area contributed by atoms with Crippen molar-refractivity contribution in [3.8, 4) is 83.8 Å². The summed E-state index contributed by atoms with van der Waals surface area (Å²) in [4.78, 5) is 0. The Kier molecular flexibility index (Phi) is 18.2. The smallest absolute Gasteiger partial charge is 0.172 e. The van der Waals surface area contributed by atoms with Crippen molar-refractivity contribution in [1.29, 1.82) is 0 Å². The minimum atomic E-state index is -3.14. The van der Waals surface area contributed by atoms with Crippen LogP contribution in [0.2, 0.25) is 0 Å². The molecule has 9 heterocycles. The van der Waals surface area contributed by atoms with Gasteiger partial charge in [0.2, 0.25) is 0 Å². The summed E-state index contributed by atoms with van der Waals surface area (Å²) >= 11 is 3.70. The summed E-state index contributed by atoms with van der Waals surface area (Å²) in [6, 6.07) is 166. The Morgan fingerprint density at radius 1 is 0.188 bits per heavy atom. The number of hydrogen-bond acceptors (Lipinski definition) is 6. The van der Waals surface area contributed by atoms with E-state index in [4.69, 9.17) is 4.42 Å². The van der Waals surface area contributed by atoms with Crippen molar-refractivity contribution in [2.75, 3.05) is 0 Å². The lowest BCUT2D eigenvalue weighted by molar-refractivity contribution is 0.592. The maximum absolute atomic E-state index is 15.6. The molecule has 0 bridgehead atoms. The highest BCUT2D eigenvalue weighted by atomic mass is 32.1. The minimum absolute atomic E-state index is 0.871. The van der Waals surface area contributed by atoms with Gasteiger partial charge in [0.15, 0.2) is 21.4 Å². The van der Waals surface area contributed by atoms with E-state index in [0.29, 0.717) is 0 Å². The molecule has 6 aromatic heterocycles. The third-order valence-electron chi connectivity index (χ3n) is 28.9. The molecular formula is C126H78N3O4P3S2. The van der Waals surface area contributed by atoms with Crippen LogP contribution in [-0.2, 0) is 13.7 Å². The van der Waals surface area contributed by atoms with Gasteiger partial charge >= 0.3 is 0 Å². The van der Waals surface area contributed by atoms with Crippen LogP contribution in [0.4, 0.5) is 0 Å². The predicted octanol–water partition coefficient (Wildman–Crippen LogP) is 30.8. The lowest BCUT2D eigenvalue weighted by Crippen LogP contribution is -2.21. The summed E-state index contributed by atoms with van der Waals surface area (Å²) in [5.41, 5.74) is 25.0. The maximum Gasteiger partial charge on any atom is 0.172 e. The van der Waals surface area contributed by atoms with E-state index < -0.39 is 21.4 Å². The molecule has 0 amide bonds. The first-order valence-corrected chi connectivity index (χ1v) is 53.4. The van der Waals surface area contributed by atoms with Gasteiger partial charge in [0.1, 0.15) is 11.2 Å². The fraction of sp³-hybridized carbons (Fsp3) is 0. The molecule has 3 atom stereocenters. The average molecular weight is 1860 g/mol. The zero-order valence-corrected chi connectivity index (χ0v) is 78.5. The summed E-state index contributed by atoms with van der Waals surface area (Å²) in [6.45, 7) is 0. The second-order valence-corrected chi connectivity index (χ2v) is 46.2. The molecule has 0 spiro atoms. The van der Waals surface area contributed by atoms with Crippen LogP contribution in [0.1, 0.15) is 0 Å². The Balaban J connectivity index is 0.000000102. The molecule has 0 fully saturated rings. The quantitative estimate of drug-likeness (QED) is 0.135. The van der Waals surface area contributed by atoms with E-state index in [2.05, 4.69) is 353 Å². The minimum Gasteiger partial charge on any atom is -0.456 e. The third-order valence-corrected chi connectivity index (χ3v) is 40.7. The molecule has 3 aliphatic heterocycles. The van der Waals surface area contributed by atoms with Gasteiger partial charge in [-0.1, -0.05) is 358 Å². The molecule has 3 aliphatic rings. The Bertz CT molecular complexity index is 9950. The molecule has 0 aliphatic carbocycles. The van der Waals surface area contributed by atoms with Gasteiger partial charge in [-0.05, 0) is 182 Å².